The molecule has 1 aliphatic rings. The molecule has 1 heteroatoms. The summed E-state index contributed by atoms with van der Waals surface area (Å²) in [6.45, 7) is 13.9. The second kappa shape index (κ2) is 27.8. The Kier molecular flexibility index (Phi) is 31.9. The molecule has 1 aromatic rings. The van der Waals surface area contributed by atoms with Gasteiger partial charge in [-0.3, -0.25) is 0 Å². The highest BCUT2D eigenvalue weighted by Gasteiger charge is 2.10. The van der Waals surface area contributed by atoms with Crippen LogP contribution in [0.15, 0.2) is 42.5 Å². The van der Waals surface area contributed by atoms with E-state index in [9.17, 15) is 0 Å². The smallest absolute Gasteiger partial charge is 0.0402 e. The number of allylic oxidation sites excluding steroid dienone is 2. The van der Waals surface area contributed by atoms with E-state index in [0.717, 1.165) is 5.92 Å². The molecule has 0 spiro atoms. The molecule has 0 aliphatic heterocycles. The first-order valence-corrected chi connectivity index (χ1v) is 10.7. The monoisotopic (exact) mass is 350 g/mol. The normalized spacial score (nSPS) is 12.5. The molecule has 1 aromatic carbocycles. The molecular weight excluding hydrogens is 304 g/mol. The zero-order valence-corrected chi connectivity index (χ0v) is 18.2. The molecule has 0 aromatic heterocycles. The average Bonchev–Trinajstić information content (AvgIpc) is 3.21. The first kappa shape index (κ1) is 28.7. The predicted molar refractivity (Wildman–Crippen MR) is 117 cm³/mol. The molecule has 1 fully saturated rings. The van der Waals surface area contributed by atoms with Crippen LogP contribution in [-0.2, 0) is 6.42 Å². The van der Waals surface area contributed by atoms with Crippen molar-refractivity contribution in [3.05, 3.63) is 48.0 Å². The first-order valence-electron chi connectivity index (χ1n) is 10.7. The maximum Gasteiger partial charge on any atom is 0.0402 e. The van der Waals surface area contributed by atoms with Gasteiger partial charge in [-0.05, 0) is 50.5 Å². The van der Waals surface area contributed by atoms with E-state index in [-0.39, 0.29) is 6.61 Å². The van der Waals surface area contributed by atoms with Crippen LogP contribution in [0.2, 0.25) is 0 Å². The Hall–Kier alpha value is -1.08. The van der Waals surface area contributed by atoms with Gasteiger partial charge in [0, 0.05) is 6.61 Å². The van der Waals surface area contributed by atoms with Gasteiger partial charge >= 0.3 is 0 Å². The Labute approximate surface area is 159 Å². The molecule has 1 saturated carbocycles. The SMILES string of the molecule is C(=C\C1CCCC1)/CCCc1ccccc1.CC.CC.CC.CCO. The summed E-state index contributed by atoms with van der Waals surface area (Å²) in [6.07, 6.45) is 14.3. The lowest BCUT2D eigenvalue weighted by Crippen LogP contribution is -1.86. The molecule has 0 amide bonds. The van der Waals surface area contributed by atoms with Gasteiger partial charge in [-0.15, -0.1) is 0 Å². The number of aryl methyl sites for hydroxylation is 1. The largest absolute Gasteiger partial charge is 0.397 e. The minimum Gasteiger partial charge on any atom is -0.397 e. The van der Waals surface area contributed by atoms with Crippen LogP contribution in [0.25, 0.3) is 0 Å². The summed E-state index contributed by atoms with van der Waals surface area (Å²) >= 11 is 0. The maximum absolute atomic E-state index is 7.57. The molecule has 25 heavy (non-hydrogen) atoms. The summed E-state index contributed by atoms with van der Waals surface area (Å²) in [5, 5.41) is 7.57. The van der Waals surface area contributed by atoms with Crippen molar-refractivity contribution in [1.29, 1.82) is 0 Å². The fourth-order valence-electron chi connectivity index (χ4n) is 2.51. The summed E-state index contributed by atoms with van der Waals surface area (Å²) in [4.78, 5) is 0. The van der Waals surface area contributed by atoms with E-state index in [1.807, 2.05) is 41.5 Å². The second-order valence-electron chi connectivity index (χ2n) is 5.17. The van der Waals surface area contributed by atoms with Crippen LogP contribution in [-0.4, -0.2) is 11.7 Å². The van der Waals surface area contributed by atoms with Crippen LogP contribution >= 0.6 is 0 Å². The Morgan fingerprint density at radius 2 is 1.40 bits per heavy atom. The second-order valence-corrected chi connectivity index (χ2v) is 5.17. The minimum atomic E-state index is 0.250. The number of aliphatic hydroxyl groups is 1. The van der Waals surface area contributed by atoms with Gasteiger partial charge in [-0.25, -0.2) is 0 Å². The van der Waals surface area contributed by atoms with Crippen molar-refractivity contribution in [1.82, 2.24) is 0 Å². The third-order valence-corrected chi connectivity index (χ3v) is 3.49. The van der Waals surface area contributed by atoms with Crippen molar-refractivity contribution in [3.63, 3.8) is 0 Å². The third kappa shape index (κ3) is 20.9. The van der Waals surface area contributed by atoms with Crippen LogP contribution < -0.4 is 0 Å². The summed E-state index contributed by atoms with van der Waals surface area (Å²) in [5.74, 6) is 0.900. The van der Waals surface area contributed by atoms with Crippen molar-refractivity contribution in [2.45, 2.75) is 93.4 Å². The van der Waals surface area contributed by atoms with Crippen LogP contribution in [0, 0.1) is 5.92 Å². The molecule has 2 rings (SSSR count). The molecular formula is C24H46O. The summed E-state index contributed by atoms with van der Waals surface area (Å²) in [5.41, 5.74) is 1.47. The fourth-order valence-corrected chi connectivity index (χ4v) is 2.51. The van der Waals surface area contributed by atoms with E-state index in [0.29, 0.717) is 0 Å². The predicted octanol–water partition coefficient (Wildman–Crippen LogP) is 7.83. The molecule has 0 atom stereocenters. The van der Waals surface area contributed by atoms with Crippen molar-refractivity contribution < 1.29 is 5.11 Å². The number of benzene rings is 1. The topological polar surface area (TPSA) is 20.2 Å². The highest BCUT2D eigenvalue weighted by atomic mass is 16.2. The van der Waals surface area contributed by atoms with Gasteiger partial charge in [0.2, 0.25) is 0 Å². The summed E-state index contributed by atoms with van der Waals surface area (Å²) < 4.78 is 0. The van der Waals surface area contributed by atoms with Gasteiger partial charge in [0.1, 0.15) is 0 Å². The van der Waals surface area contributed by atoms with Gasteiger partial charge in [0.05, 0.1) is 0 Å². The molecule has 1 aliphatic carbocycles. The van der Waals surface area contributed by atoms with Gasteiger partial charge < -0.3 is 5.11 Å². The zero-order chi connectivity index (χ0) is 19.8. The van der Waals surface area contributed by atoms with E-state index in [4.69, 9.17) is 5.11 Å². The van der Waals surface area contributed by atoms with E-state index in [1.54, 1.807) is 6.92 Å². The van der Waals surface area contributed by atoms with E-state index in [1.165, 1.54) is 50.5 Å². The quantitative estimate of drug-likeness (QED) is 0.423. The van der Waals surface area contributed by atoms with Crippen molar-refractivity contribution in [2.75, 3.05) is 6.61 Å². The van der Waals surface area contributed by atoms with Crippen LogP contribution in [0.1, 0.15) is 92.6 Å². The third-order valence-electron chi connectivity index (χ3n) is 3.49. The Balaban J connectivity index is -0.000000464. The van der Waals surface area contributed by atoms with Gasteiger partial charge in [0.15, 0.2) is 0 Å². The molecule has 0 saturated heterocycles. The zero-order valence-electron chi connectivity index (χ0n) is 18.2. The van der Waals surface area contributed by atoms with Gasteiger partial charge in [-0.2, -0.15) is 0 Å². The van der Waals surface area contributed by atoms with Crippen molar-refractivity contribution >= 4 is 0 Å². The standard InChI is InChI=1S/C16H22.C2H6O.3C2H6/c1-3-9-15(10-4-1)11-5-2-6-12-16-13-7-8-14-16;1-2-3;3*1-2/h1,3-4,6,9-10,12,16H,2,5,7-8,11,13-14H2;3H,2H2,1H3;3*1-2H3/b12-6+;;;;. The molecule has 0 bridgehead atoms. The van der Waals surface area contributed by atoms with E-state index < -0.39 is 0 Å². The molecule has 0 heterocycles. The molecule has 148 valence electrons. The Bertz CT molecular complexity index is 323. The van der Waals surface area contributed by atoms with Crippen LogP contribution in [0.3, 0.4) is 0 Å². The van der Waals surface area contributed by atoms with Gasteiger partial charge in [0.25, 0.3) is 0 Å². The average molecular weight is 351 g/mol. The van der Waals surface area contributed by atoms with E-state index in [2.05, 4.69) is 42.5 Å². The summed E-state index contributed by atoms with van der Waals surface area (Å²) in [7, 11) is 0. The molecule has 1 N–H and O–H groups in total. The highest BCUT2D eigenvalue weighted by molar-refractivity contribution is 5.14. The highest BCUT2D eigenvalue weighted by Crippen LogP contribution is 2.25. The van der Waals surface area contributed by atoms with Crippen molar-refractivity contribution in [3.8, 4) is 0 Å². The number of aliphatic hydroxyl groups excluding tert-OH is 1. The van der Waals surface area contributed by atoms with Crippen molar-refractivity contribution in [2.24, 2.45) is 5.92 Å². The van der Waals surface area contributed by atoms with Gasteiger partial charge in [-0.1, -0.05) is 96.9 Å². The maximum atomic E-state index is 7.57. The molecule has 0 radical (unpaired) electrons. The number of hydrogen-bond acceptors (Lipinski definition) is 1. The molecule has 1 nitrogen and oxygen atoms in total. The lowest BCUT2D eigenvalue weighted by atomic mass is 10.1. The number of rotatable bonds is 5. The first-order chi connectivity index (χ1) is 12.4. The number of unbranched alkanes of at least 4 members (excludes halogenated alkanes) is 1. The fraction of sp³-hybridized carbons (Fsp3) is 0.667. The Morgan fingerprint density at radius 1 is 0.920 bits per heavy atom. The van der Waals surface area contributed by atoms with E-state index >= 15 is 0 Å². The van der Waals surface area contributed by atoms with Crippen LogP contribution in [0.5, 0.6) is 0 Å². The minimum absolute atomic E-state index is 0.250. The Morgan fingerprint density at radius 3 is 1.88 bits per heavy atom. The summed E-state index contributed by atoms with van der Waals surface area (Å²) in [6, 6.07) is 10.8. The lowest BCUT2D eigenvalue weighted by molar-refractivity contribution is 0.318. The molecule has 0 unspecified atom stereocenters. The van der Waals surface area contributed by atoms with Crippen LogP contribution in [0.4, 0.5) is 0 Å². The number of hydrogen-bond donors (Lipinski definition) is 1. The lowest BCUT2D eigenvalue weighted by Gasteiger charge is -2.01.